The predicted octanol–water partition coefficient (Wildman–Crippen LogP) is 3.98. The Hall–Kier alpha value is -1.28. The van der Waals surface area contributed by atoms with Crippen molar-refractivity contribution < 1.29 is 0 Å². The quantitative estimate of drug-likeness (QED) is 0.820. The molecule has 1 aromatic heterocycles. The van der Waals surface area contributed by atoms with Crippen molar-refractivity contribution in [2.75, 3.05) is 5.32 Å². The Balaban J connectivity index is 2.06. The molecule has 2 heteroatoms. The number of aryl methyl sites for hydroxylation is 2. The maximum atomic E-state index is 3.46. The average Bonchev–Trinajstić information content (AvgIpc) is 2.63. The summed E-state index contributed by atoms with van der Waals surface area (Å²) >= 11 is 1.74. The Bertz CT molecular complexity index is 445. The Morgan fingerprint density at radius 1 is 1.07 bits per heavy atom. The molecule has 0 aliphatic carbocycles. The molecule has 0 radical (unpaired) electrons. The van der Waals surface area contributed by atoms with Crippen LogP contribution in [0.3, 0.4) is 0 Å². The van der Waals surface area contributed by atoms with E-state index in [0.29, 0.717) is 0 Å². The van der Waals surface area contributed by atoms with Crippen LogP contribution in [0.4, 0.5) is 5.69 Å². The number of anilines is 1. The first-order chi connectivity index (χ1) is 7.27. The molecule has 2 aromatic rings. The lowest BCUT2D eigenvalue weighted by Gasteiger charge is -2.08. The first-order valence-electron chi connectivity index (χ1n) is 5.08. The van der Waals surface area contributed by atoms with Gasteiger partial charge in [-0.1, -0.05) is 24.3 Å². The van der Waals surface area contributed by atoms with Crippen molar-refractivity contribution >= 4 is 17.0 Å². The fraction of sp³-hybridized carbons (Fsp3) is 0.231. The van der Waals surface area contributed by atoms with Gasteiger partial charge < -0.3 is 5.32 Å². The van der Waals surface area contributed by atoms with Gasteiger partial charge in [-0.2, -0.15) is 0 Å². The van der Waals surface area contributed by atoms with E-state index in [9.17, 15) is 0 Å². The van der Waals surface area contributed by atoms with Crippen LogP contribution in [-0.2, 0) is 6.54 Å². The molecule has 0 aliphatic heterocycles. The number of thiophene rings is 1. The van der Waals surface area contributed by atoms with Crippen LogP contribution in [0, 0.1) is 13.8 Å². The van der Waals surface area contributed by atoms with E-state index in [1.54, 1.807) is 11.3 Å². The van der Waals surface area contributed by atoms with Gasteiger partial charge in [-0.15, -0.1) is 11.3 Å². The summed E-state index contributed by atoms with van der Waals surface area (Å²) in [6.07, 6.45) is 0. The molecule has 0 aliphatic rings. The molecule has 0 saturated carbocycles. The summed E-state index contributed by atoms with van der Waals surface area (Å²) in [6.45, 7) is 5.19. The predicted molar refractivity (Wildman–Crippen MR) is 67.6 cm³/mol. The van der Waals surface area contributed by atoms with Gasteiger partial charge >= 0.3 is 0 Å². The molecule has 0 amide bonds. The van der Waals surface area contributed by atoms with Gasteiger partial charge in [0.2, 0.25) is 0 Å². The molecule has 78 valence electrons. The first kappa shape index (κ1) is 10.2. The number of nitrogens with one attached hydrogen (secondary N) is 1. The largest absolute Gasteiger partial charge is 0.380 e. The highest BCUT2D eigenvalue weighted by atomic mass is 32.1. The van der Waals surface area contributed by atoms with Crippen LogP contribution in [0.5, 0.6) is 0 Å². The second kappa shape index (κ2) is 4.49. The SMILES string of the molecule is Cc1ccccc1CNc1cscc1C. The molecule has 1 nitrogen and oxygen atoms in total. The van der Waals surface area contributed by atoms with Gasteiger partial charge in [0.05, 0.1) is 0 Å². The van der Waals surface area contributed by atoms with Crippen molar-refractivity contribution in [1.29, 1.82) is 0 Å². The summed E-state index contributed by atoms with van der Waals surface area (Å²) < 4.78 is 0. The van der Waals surface area contributed by atoms with Gasteiger partial charge in [0.1, 0.15) is 0 Å². The van der Waals surface area contributed by atoms with Gasteiger partial charge in [0.15, 0.2) is 0 Å². The summed E-state index contributed by atoms with van der Waals surface area (Å²) in [7, 11) is 0. The van der Waals surface area contributed by atoms with Crippen molar-refractivity contribution in [3.8, 4) is 0 Å². The van der Waals surface area contributed by atoms with E-state index in [0.717, 1.165) is 6.54 Å². The van der Waals surface area contributed by atoms with Crippen LogP contribution in [-0.4, -0.2) is 0 Å². The third kappa shape index (κ3) is 2.39. The average molecular weight is 217 g/mol. The molecular formula is C13H15NS. The lowest BCUT2D eigenvalue weighted by atomic mass is 10.1. The second-order valence-corrected chi connectivity index (χ2v) is 4.49. The summed E-state index contributed by atoms with van der Waals surface area (Å²) in [6, 6.07) is 8.49. The van der Waals surface area contributed by atoms with E-state index in [2.05, 4.69) is 54.2 Å². The molecule has 1 heterocycles. The van der Waals surface area contributed by atoms with E-state index >= 15 is 0 Å². The zero-order chi connectivity index (χ0) is 10.7. The molecular weight excluding hydrogens is 202 g/mol. The van der Waals surface area contributed by atoms with Crippen molar-refractivity contribution in [2.45, 2.75) is 20.4 Å². The normalized spacial score (nSPS) is 10.3. The molecule has 0 atom stereocenters. The van der Waals surface area contributed by atoms with E-state index in [-0.39, 0.29) is 0 Å². The van der Waals surface area contributed by atoms with E-state index in [4.69, 9.17) is 0 Å². The monoisotopic (exact) mass is 217 g/mol. The van der Waals surface area contributed by atoms with Gasteiger partial charge in [0, 0.05) is 17.6 Å². The Labute approximate surface area is 94.8 Å². The third-order valence-electron chi connectivity index (χ3n) is 2.59. The minimum absolute atomic E-state index is 0.907. The van der Waals surface area contributed by atoms with Crippen molar-refractivity contribution in [3.05, 3.63) is 51.7 Å². The topological polar surface area (TPSA) is 12.0 Å². The molecule has 15 heavy (non-hydrogen) atoms. The van der Waals surface area contributed by atoms with E-state index in [1.165, 1.54) is 22.4 Å². The highest BCUT2D eigenvalue weighted by Crippen LogP contribution is 2.20. The van der Waals surface area contributed by atoms with Crippen LogP contribution in [0.1, 0.15) is 16.7 Å². The van der Waals surface area contributed by atoms with E-state index in [1.807, 2.05) is 0 Å². The van der Waals surface area contributed by atoms with E-state index < -0.39 is 0 Å². The zero-order valence-electron chi connectivity index (χ0n) is 9.08. The molecule has 0 bridgehead atoms. The lowest BCUT2D eigenvalue weighted by Crippen LogP contribution is -2.00. The first-order valence-corrected chi connectivity index (χ1v) is 6.03. The summed E-state index contributed by atoms with van der Waals surface area (Å²) in [5.41, 5.74) is 5.29. The fourth-order valence-electron chi connectivity index (χ4n) is 1.54. The molecule has 2 rings (SSSR count). The smallest absolute Gasteiger partial charge is 0.0481 e. The fourth-order valence-corrected chi connectivity index (χ4v) is 2.34. The number of hydrogen-bond donors (Lipinski definition) is 1. The highest BCUT2D eigenvalue weighted by Gasteiger charge is 2.00. The van der Waals surface area contributed by atoms with Crippen molar-refractivity contribution in [3.63, 3.8) is 0 Å². The highest BCUT2D eigenvalue weighted by molar-refractivity contribution is 7.08. The Morgan fingerprint density at radius 3 is 2.53 bits per heavy atom. The van der Waals surface area contributed by atoms with Crippen LogP contribution in [0.15, 0.2) is 35.0 Å². The molecule has 0 saturated heterocycles. The molecule has 0 fully saturated rings. The van der Waals surface area contributed by atoms with Crippen LogP contribution in [0.2, 0.25) is 0 Å². The number of benzene rings is 1. The summed E-state index contributed by atoms with van der Waals surface area (Å²) in [4.78, 5) is 0. The lowest BCUT2D eigenvalue weighted by molar-refractivity contribution is 1.12. The van der Waals surface area contributed by atoms with Crippen LogP contribution in [0.25, 0.3) is 0 Å². The molecule has 1 aromatic carbocycles. The van der Waals surface area contributed by atoms with Gasteiger partial charge in [-0.3, -0.25) is 0 Å². The number of hydrogen-bond acceptors (Lipinski definition) is 2. The van der Waals surface area contributed by atoms with Gasteiger partial charge in [0.25, 0.3) is 0 Å². The number of rotatable bonds is 3. The van der Waals surface area contributed by atoms with Gasteiger partial charge in [-0.25, -0.2) is 0 Å². The van der Waals surface area contributed by atoms with Crippen molar-refractivity contribution in [2.24, 2.45) is 0 Å². The Kier molecular flexibility index (Phi) is 3.07. The molecule has 0 unspecified atom stereocenters. The van der Waals surface area contributed by atoms with Crippen LogP contribution >= 0.6 is 11.3 Å². The Morgan fingerprint density at radius 2 is 1.87 bits per heavy atom. The summed E-state index contributed by atoms with van der Waals surface area (Å²) in [5.74, 6) is 0. The molecule has 0 spiro atoms. The summed E-state index contributed by atoms with van der Waals surface area (Å²) in [5, 5.41) is 7.79. The van der Waals surface area contributed by atoms with Gasteiger partial charge in [-0.05, 0) is 35.9 Å². The maximum absolute atomic E-state index is 3.46. The third-order valence-corrected chi connectivity index (χ3v) is 3.45. The second-order valence-electron chi connectivity index (χ2n) is 3.75. The minimum atomic E-state index is 0.907. The van der Waals surface area contributed by atoms with Crippen molar-refractivity contribution in [1.82, 2.24) is 0 Å². The zero-order valence-corrected chi connectivity index (χ0v) is 9.90. The molecule has 1 N–H and O–H groups in total. The standard InChI is InChI=1S/C13H15NS/c1-10-5-3-4-6-12(10)7-14-13-9-15-8-11(13)2/h3-6,8-9,14H,7H2,1-2H3. The minimum Gasteiger partial charge on any atom is -0.380 e. The maximum Gasteiger partial charge on any atom is 0.0481 e. The van der Waals surface area contributed by atoms with Crippen LogP contribution < -0.4 is 5.32 Å².